The van der Waals surface area contributed by atoms with Crippen molar-refractivity contribution in [2.75, 3.05) is 19.5 Å². The molecule has 0 saturated carbocycles. The summed E-state index contributed by atoms with van der Waals surface area (Å²) in [6, 6.07) is 10.0. The highest BCUT2D eigenvalue weighted by molar-refractivity contribution is 7.89. The van der Waals surface area contributed by atoms with E-state index in [0.29, 0.717) is 11.3 Å². The Bertz CT molecular complexity index is 893. The molecule has 0 saturated heterocycles. The molecule has 6 nitrogen and oxygen atoms in total. The van der Waals surface area contributed by atoms with E-state index >= 15 is 0 Å². The molecule has 0 unspecified atom stereocenters. The summed E-state index contributed by atoms with van der Waals surface area (Å²) in [5.41, 5.74) is 0.939. The Kier molecular flexibility index (Phi) is 5.89. The minimum absolute atomic E-state index is 0.0947. The summed E-state index contributed by atoms with van der Waals surface area (Å²) in [5.74, 6) is -0.829. The van der Waals surface area contributed by atoms with Crippen LogP contribution in [-0.4, -0.2) is 28.5 Å². The van der Waals surface area contributed by atoms with E-state index in [1.54, 1.807) is 6.07 Å². The van der Waals surface area contributed by atoms with Crippen LogP contribution in [0.5, 0.6) is 5.75 Å². The molecule has 2 N–H and O–H groups in total. The molecular weight excluding hydrogens is 347 g/mol. The highest BCUT2D eigenvalue weighted by atomic mass is 32.2. The largest absolute Gasteiger partial charge is 0.494 e. The lowest BCUT2D eigenvalue weighted by Gasteiger charge is -2.05. The molecule has 0 atom stereocenters. The van der Waals surface area contributed by atoms with Gasteiger partial charge in [0.25, 0.3) is 0 Å². The summed E-state index contributed by atoms with van der Waals surface area (Å²) in [6.45, 7) is 0. The molecule has 2 aromatic rings. The standard InChI is InChI=1S/C17H17FN2O4S/c1-19-25(22,23)14-7-5-13(6-8-14)20-17(21)10-4-12-3-9-16(24-2)15(18)11-12/h3-11,19H,1-2H3,(H,20,21)/b10-4+. The third kappa shape index (κ3) is 4.88. The van der Waals surface area contributed by atoms with Crippen LogP contribution in [-0.2, 0) is 14.8 Å². The van der Waals surface area contributed by atoms with Crippen LogP contribution in [0.2, 0.25) is 0 Å². The lowest BCUT2D eigenvalue weighted by atomic mass is 10.2. The molecule has 0 bridgehead atoms. The summed E-state index contributed by atoms with van der Waals surface area (Å²) in [4.78, 5) is 12.0. The number of anilines is 1. The minimum Gasteiger partial charge on any atom is -0.494 e. The van der Waals surface area contributed by atoms with Gasteiger partial charge in [-0.25, -0.2) is 17.5 Å². The Hall–Kier alpha value is -2.71. The summed E-state index contributed by atoms with van der Waals surface area (Å²) in [6.07, 6.45) is 2.71. The zero-order chi connectivity index (χ0) is 18.4. The van der Waals surface area contributed by atoms with Crippen molar-refractivity contribution in [1.29, 1.82) is 0 Å². The summed E-state index contributed by atoms with van der Waals surface area (Å²) >= 11 is 0. The second-order valence-electron chi connectivity index (χ2n) is 4.95. The molecular formula is C17H17FN2O4S. The second-order valence-corrected chi connectivity index (χ2v) is 6.84. The average Bonchev–Trinajstić information content (AvgIpc) is 2.60. The van der Waals surface area contributed by atoms with Gasteiger partial charge in [-0.15, -0.1) is 0 Å². The molecule has 0 aromatic heterocycles. The Labute approximate surface area is 145 Å². The van der Waals surface area contributed by atoms with Gasteiger partial charge < -0.3 is 10.1 Å². The molecule has 1 amide bonds. The maximum Gasteiger partial charge on any atom is 0.248 e. The molecule has 132 valence electrons. The molecule has 25 heavy (non-hydrogen) atoms. The van der Waals surface area contributed by atoms with Crippen molar-refractivity contribution < 1.29 is 22.3 Å². The summed E-state index contributed by atoms with van der Waals surface area (Å²) in [7, 11) is -0.835. The van der Waals surface area contributed by atoms with Crippen molar-refractivity contribution in [2.45, 2.75) is 4.90 Å². The third-order valence-corrected chi connectivity index (χ3v) is 4.73. The van der Waals surface area contributed by atoms with E-state index in [-0.39, 0.29) is 10.6 Å². The van der Waals surface area contributed by atoms with Crippen LogP contribution in [0.4, 0.5) is 10.1 Å². The number of hydrogen-bond acceptors (Lipinski definition) is 4. The van der Waals surface area contributed by atoms with Gasteiger partial charge in [0.1, 0.15) is 0 Å². The van der Waals surface area contributed by atoms with Crippen LogP contribution in [0.1, 0.15) is 5.56 Å². The van der Waals surface area contributed by atoms with Crippen LogP contribution in [0.25, 0.3) is 6.08 Å². The molecule has 0 fully saturated rings. The lowest BCUT2D eigenvalue weighted by Crippen LogP contribution is -2.18. The van der Waals surface area contributed by atoms with Gasteiger partial charge in [0.15, 0.2) is 11.6 Å². The Morgan fingerprint density at radius 2 is 1.84 bits per heavy atom. The summed E-state index contributed by atoms with van der Waals surface area (Å²) in [5, 5.41) is 2.59. The zero-order valence-electron chi connectivity index (χ0n) is 13.6. The number of carbonyl (C=O) groups is 1. The molecule has 0 aliphatic rings. The molecule has 2 aromatic carbocycles. The number of methoxy groups -OCH3 is 1. The number of ether oxygens (including phenoxy) is 1. The number of halogens is 1. The first kappa shape index (κ1) is 18.6. The van der Waals surface area contributed by atoms with Gasteiger partial charge in [0, 0.05) is 11.8 Å². The first-order valence-corrected chi connectivity index (χ1v) is 8.70. The maximum absolute atomic E-state index is 13.6. The molecule has 2 rings (SSSR count). The number of sulfonamides is 1. The smallest absolute Gasteiger partial charge is 0.248 e. The van der Waals surface area contributed by atoms with Crippen LogP contribution < -0.4 is 14.8 Å². The van der Waals surface area contributed by atoms with Crippen LogP contribution >= 0.6 is 0 Å². The predicted octanol–water partition coefficient (Wildman–Crippen LogP) is 2.39. The lowest BCUT2D eigenvalue weighted by molar-refractivity contribution is -0.111. The van der Waals surface area contributed by atoms with Crippen LogP contribution in [0, 0.1) is 5.82 Å². The van der Waals surface area contributed by atoms with Crippen LogP contribution in [0.3, 0.4) is 0 Å². The van der Waals surface area contributed by atoms with Gasteiger partial charge in [0.05, 0.1) is 12.0 Å². The fraction of sp³-hybridized carbons (Fsp3) is 0.118. The SMILES string of the molecule is CNS(=O)(=O)c1ccc(NC(=O)/C=C/c2ccc(OC)c(F)c2)cc1. The van der Waals surface area contributed by atoms with E-state index < -0.39 is 21.7 Å². The number of benzene rings is 2. The normalized spacial score (nSPS) is 11.5. The number of carbonyl (C=O) groups excluding carboxylic acids is 1. The van der Waals surface area contributed by atoms with Gasteiger partial charge in [-0.1, -0.05) is 6.07 Å². The molecule has 0 aliphatic heterocycles. The van der Waals surface area contributed by atoms with Crippen LogP contribution in [0.15, 0.2) is 53.4 Å². The van der Waals surface area contributed by atoms with E-state index in [4.69, 9.17) is 4.74 Å². The molecule has 0 aliphatic carbocycles. The van der Waals surface area contributed by atoms with E-state index in [0.717, 1.165) is 0 Å². The van der Waals surface area contributed by atoms with Gasteiger partial charge in [-0.2, -0.15) is 0 Å². The molecule has 0 radical (unpaired) electrons. The van der Waals surface area contributed by atoms with Gasteiger partial charge in [-0.3, -0.25) is 4.79 Å². The third-order valence-electron chi connectivity index (χ3n) is 3.30. The first-order chi connectivity index (χ1) is 11.9. The zero-order valence-corrected chi connectivity index (χ0v) is 14.4. The Morgan fingerprint density at radius 3 is 2.40 bits per heavy atom. The van der Waals surface area contributed by atoms with E-state index in [9.17, 15) is 17.6 Å². The van der Waals surface area contributed by atoms with Crippen molar-refractivity contribution in [2.24, 2.45) is 0 Å². The van der Waals surface area contributed by atoms with Gasteiger partial charge >= 0.3 is 0 Å². The number of rotatable bonds is 6. The van der Waals surface area contributed by atoms with Crippen molar-refractivity contribution in [3.8, 4) is 5.75 Å². The molecule has 8 heteroatoms. The molecule has 0 spiro atoms. The Balaban J connectivity index is 2.03. The monoisotopic (exact) mass is 364 g/mol. The summed E-state index contributed by atoms with van der Waals surface area (Å²) < 4.78 is 43.8. The number of amides is 1. The van der Waals surface area contributed by atoms with Gasteiger partial charge in [-0.05, 0) is 55.1 Å². The maximum atomic E-state index is 13.6. The average molecular weight is 364 g/mol. The highest BCUT2D eigenvalue weighted by Crippen LogP contribution is 2.18. The second kappa shape index (κ2) is 7.91. The number of hydrogen-bond donors (Lipinski definition) is 2. The van der Waals surface area contributed by atoms with E-state index in [1.165, 1.54) is 62.7 Å². The minimum atomic E-state index is -3.52. The quantitative estimate of drug-likeness (QED) is 0.771. The van der Waals surface area contributed by atoms with Gasteiger partial charge in [0.2, 0.25) is 15.9 Å². The first-order valence-electron chi connectivity index (χ1n) is 7.22. The van der Waals surface area contributed by atoms with E-state index in [2.05, 4.69) is 10.0 Å². The highest BCUT2D eigenvalue weighted by Gasteiger charge is 2.10. The topological polar surface area (TPSA) is 84.5 Å². The van der Waals surface area contributed by atoms with Crippen molar-refractivity contribution in [3.05, 3.63) is 59.9 Å². The predicted molar refractivity (Wildman–Crippen MR) is 93.3 cm³/mol. The van der Waals surface area contributed by atoms with Crippen molar-refractivity contribution in [3.63, 3.8) is 0 Å². The Morgan fingerprint density at radius 1 is 1.16 bits per heavy atom. The van der Waals surface area contributed by atoms with Crippen molar-refractivity contribution >= 4 is 27.7 Å². The van der Waals surface area contributed by atoms with Crippen molar-refractivity contribution in [1.82, 2.24) is 4.72 Å². The fourth-order valence-corrected chi connectivity index (χ4v) is 2.71. The molecule has 0 heterocycles. The number of nitrogens with one attached hydrogen (secondary N) is 2. The van der Waals surface area contributed by atoms with E-state index in [1.807, 2.05) is 0 Å². The fourth-order valence-electron chi connectivity index (χ4n) is 1.98.